The van der Waals surface area contributed by atoms with E-state index in [1.807, 2.05) is 6.07 Å². The van der Waals surface area contributed by atoms with Gasteiger partial charge in [-0.05, 0) is 13.8 Å². The highest BCUT2D eigenvalue weighted by atomic mass is 32.1. The predicted octanol–water partition coefficient (Wildman–Crippen LogP) is 1.78. The highest BCUT2D eigenvalue weighted by Crippen LogP contribution is 2.32. The molecule has 9 heteroatoms. The largest absolute Gasteiger partial charge is 0.462 e. The molecule has 0 aliphatic heterocycles. The molecule has 0 spiro atoms. The van der Waals surface area contributed by atoms with Crippen molar-refractivity contribution in [2.45, 2.75) is 20.5 Å². The zero-order chi connectivity index (χ0) is 17.9. The fourth-order valence-corrected chi connectivity index (χ4v) is 2.94. The van der Waals surface area contributed by atoms with E-state index < -0.39 is 11.9 Å². The molecule has 2 heterocycles. The summed E-state index contributed by atoms with van der Waals surface area (Å²) in [5.74, 6) is -1.19. The molecule has 126 valence electrons. The maximum absolute atomic E-state index is 12.2. The molecule has 24 heavy (non-hydrogen) atoms. The van der Waals surface area contributed by atoms with Crippen molar-refractivity contribution in [1.29, 1.82) is 5.26 Å². The van der Waals surface area contributed by atoms with E-state index in [0.29, 0.717) is 11.3 Å². The monoisotopic (exact) mass is 348 g/mol. The molecule has 0 aliphatic rings. The first-order valence-corrected chi connectivity index (χ1v) is 7.86. The van der Waals surface area contributed by atoms with Crippen molar-refractivity contribution in [3.05, 3.63) is 33.5 Å². The van der Waals surface area contributed by atoms with Crippen LogP contribution in [0.4, 0.5) is 5.00 Å². The summed E-state index contributed by atoms with van der Waals surface area (Å²) in [6.45, 7) is 3.34. The Labute approximate surface area is 142 Å². The highest BCUT2D eigenvalue weighted by Gasteiger charge is 2.24. The number of hydrogen-bond acceptors (Lipinski definition) is 8. The van der Waals surface area contributed by atoms with Gasteiger partial charge in [-0.1, -0.05) is 0 Å². The van der Waals surface area contributed by atoms with Crippen LogP contribution in [0.3, 0.4) is 0 Å². The van der Waals surface area contributed by atoms with Crippen LogP contribution in [0.2, 0.25) is 0 Å². The Morgan fingerprint density at radius 3 is 2.67 bits per heavy atom. The Morgan fingerprint density at radius 1 is 1.42 bits per heavy atom. The summed E-state index contributed by atoms with van der Waals surface area (Å²) in [5, 5.41) is 13.4. The number of thiophene rings is 1. The summed E-state index contributed by atoms with van der Waals surface area (Å²) >= 11 is 0.941. The lowest BCUT2D eigenvalue weighted by Gasteiger charge is -2.06. The van der Waals surface area contributed by atoms with E-state index in [2.05, 4.69) is 5.10 Å². The summed E-state index contributed by atoms with van der Waals surface area (Å²) < 4.78 is 11.7. The number of esters is 2. The van der Waals surface area contributed by atoms with Crippen molar-refractivity contribution >= 4 is 28.3 Å². The zero-order valence-corrected chi connectivity index (χ0v) is 14.3. The van der Waals surface area contributed by atoms with Gasteiger partial charge in [-0.25, -0.2) is 9.59 Å². The van der Waals surface area contributed by atoms with Gasteiger partial charge >= 0.3 is 11.9 Å². The highest BCUT2D eigenvalue weighted by molar-refractivity contribution is 7.18. The first kappa shape index (κ1) is 17.5. The SMILES string of the molecule is CCOC(=O)c1sc(N)c(C#N)c1COC(=O)c1cnn(C)c1C. The summed E-state index contributed by atoms with van der Waals surface area (Å²) in [5.41, 5.74) is 7.11. The predicted molar refractivity (Wildman–Crippen MR) is 86.5 cm³/mol. The lowest BCUT2D eigenvalue weighted by Crippen LogP contribution is -2.10. The van der Waals surface area contributed by atoms with Crippen molar-refractivity contribution in [2.75, 3.05) is 12.3 Å². The van der Waals surface area contributed by atoms with Gasteiger partial charge in [0.25, 0.3) is 0 Å². The molecular formula is C15H16N4O4S. The molecule has 0 saturated carbocycles. The topological polar surface area (TPSA) is 120 Å². The number of nitriles is 1. The number of nitrogen functional groups attached to an aromatic ring is 1. The summed E-state index contributed by atoms with van der Waals surface area (Å²) in [4.78, 5) is 24.3. The summed E-state index contributed by atoms with van der Waals surface area (Å²) in [6, 6.07) is 1.93. The second-order valence-electron chi connectivity index (χ2n) is 4.82. The fraction of sp³-hybridized carbons (Fsp3) is 0.333. The number of anilines is 1. The number of ether oxygens (including phenoxy) is 2. The van der Waals surface area contributed by atoms with Crippen molar-refractivity contribution in [2.24, 2.45) is 7.05 Å². The van der Waals surface area contributed by atoms with Crippen LogP contribution in [0.15, 0.2) is 6.20 Å². The van der Waals surface area contributed by atoms with E-state index in [1.54, 1.807) is 25.6 Å². The van der Waals surface area contributed by atoms with Gasteiger partial charge in [0.15, 0.2) is 0 Å². The molecule has 0 aromatic carbocycles. The van der Waals surface area contributed by atoms with E-state index in [9.17, 15) is 14.9 Å². The van der Waals surface area contributed by atoms with E-state index in [4.69, 9.17) is 15.2 Å². The van der Waals surface area contributed by atoms with Crippen LogP contribution in [0.25, 0.3) is 0 Å². The standard InChI is InChI=1S/C15H16N4O4S/c1-4-22-15(21)12-11(9(5-16)13(17)24-12)7-23-14(20)10-6-18-19(3)8(10)2/h6H,4,7,17H2,1-3H3. The third-order valence-corrected chi connectivity index (χ3v) is 4.45. The van der Waals surface area contributed by atoms with Gasteiger partial charge < -0.3 is 15.2 Å². The first-order valence-electron chi connectivity index (χ1n) is 7.04. The Balaban J connectivity index is 2.26. The number of aromatic nitrogens is 2. The smallest absolute Gasteiger partial charge is 0.348 e. The van der Waals surface area contributed by atoms with Gasteiger partial charge in [0.1, 0.15) is 28.1 Å². The molecule has 0 aliphatic carbocycles. The van der Waals surface area contributed by atoms with Crippen molar-refractivity contribution in [1.82, 2.24) is 9.78 Å². The Bertz CT molecular complexity index is 831. The quantitative estimate of drug-likeness (QED) is 0.818. The normalized spacial score (nSPS) is 10.2. The van der Waals surface area contributed by atoms with Gasteiger partial charge in [0.2, 0.25) is 0 Å². The van der Waals surface area contributed by atoms with Crippen LogP contribution < -0.4 is 5.73 Å². The molecule has 0 bridgehead atoms. The van der Waals surface area contributed by atoms with Gasteiger partial charge in [-0.2, -0.15) is 10.4 Å². The van der Waals surface area contributed by atoms with Gasteiger partial charge in [-0.3, -0.25) is 4.68 Å². The van der Waals surface area contributed by atoms with Crippen LogP contribution in [-0.4, -0.2) is 28.3 Å². The number of carbonyl (C=O) groups is 2. The van der Waals surface area contributed by atoms with Gasteiger partial charge in [-0.15, -0.1) is 11.3 Å². The van der Waals surface area contributed by atoms with Crippen LogP contribution >= 0.6 is 11.3 Å². The van der Waals surface area contributed by atoms with Gasteiger partial charge in [0.05, 0.1) is 18.4 Å². The zero-order valence-electron chi connectivity index (χ0n) is 13.5. The van der Waals surface area contributed by atoms with Gasteiger partial charge in [0, 0.05) is 18.3 Å². The summed E-state index contributed by atoms with van der Waals surface area (Å²) in [7, 11) is 1.71. The van der Waals surface area contributed by atoms with E-state index in [1.165, 1.54) is 6.20 Å². The average Bonchev–Trinajstić information content (AvgIpc) is 3.05. The number of rotatable bonds is 5. The molecule has 0 amide bonds. The molecule has 2 aromatic heterocycles. The molecule has 0 saturated heterocycles. The number of nitrogens with zero attached hydrogens (tertiary/aromatic N) is 3. The minimum atomic E-state index is -0.598. The number of aryl methyl sites for hydroxylation is 1. The third kappa shape index (κ3) is 3.23. The van der Waals surface area contributed by atoms with E-state index in [-0.39, 0.29) is 34.2 Å². The van der Waals surface area contributed by atoms with Crippen molar-refractivity contribution in [3.63, 3.8) is 0 Å². The minimum Gasteiger partial charge on any atom is -0.462 e. The van der Waals surface area contributed by atoms with Crippen molar-refractivity contribution < 1.29 is 19.1 Å². The first-order chi connectivity index (χ1) is 11.4. The molecular weight excluding hydrogens is 332 g/mol. The van der Waals surface area contributed by atoms with Crippen molar-refractivity contribution in [3.8, 4) is 6.07 Å². The maximum atomic E-state index is 12.2. The number of hydrogen-bond donors (Lipinski definition) is 1. The van der Waals surface area contributed by atoms with E-state index in [0.717, 1.165) is 11.3 Å². The molecule has 0 atom stereocenters. The second kappa shape index (κ2) is 7.14. The summed E-state index contributed by atoms with van der Waals surface area (Å²) in [6.07, 6.45) is 1.40. The lowest BCUT2D eigenvalue weighted by atomic mass is 10.1. The fourth-order valence-electron chi connectivity index (χ4n) is 2.02. The molecule has 2 aromatic rings. The maximum Gasteiger partial charge on any atom is 0.348 e. The van der Waals surface area contributed by atoms with Crippen LogP contribution in [-0.2, 0) is 23.1 Å². The van der Waals surface area contributed by atoms with Crippen LogP contribution in [0.1, 0.15) is 43.8 Å². The van der Waals surface area contributed by atoms with Crippen LogP contribution in [0, 0.1) is 18.3 Å². The number of carbonyl (C=O) groups excluding carboxylic acids is 2. The molecule has 2 N–H and O–H groups in total. The average molecular weight is 348 g/mol. The van der Waals surface area contributed by atoms with Crippen LogP contribution in [0.5, 0.6) is 0 Å². The number of nitrogens with two attached hydrogens (primary N) is 1. The molecule has 0 fully saturated rings. The Kier molecular flexibility index (Phi) is 5.21. The molecule has 0 unspecified atom stereocenters. The molecule has 2 rings (SSSR count). The lowest BCUT2D eigenvalue weighted by molar-refractivity contribution is 0.0452. The second-order valence-corrected chi connectivity index (χ2v) is 5.88. The molecule has 8 nitrogen and oxygen atoms in total. The minimum absolute atomic E-state index is 0.124. The van der Waals surface area contributed by atoms with E-state index >= 15 is 0 Å². The third-order valence-electron chi connectivity index (χ3n) is 3.41. The Morgan fingerprint density at radius 2 is 2.12 bits per heavy atom. The Hall–Kier alpha value is -2.86. The molecule has 0 radical (unpaired) electrons.